The molecule has 0 saturated carbocycles. The number of rotatable bonds is 7. The molecular weight excluding hydrogens is 426 g/mol. The van der Waals surface area contributed by atoms with Crippen LogP contribution in [-0.4, -0.2) is 23.7 Å². The van der Waals surface area contributed by atoms with Crippen LogP contribution in [-0.2, 0) is 11.3 Å². The molecule has 1 aliphatic rings. The Morgan fingerprint density at radius 3 is 1.97 bits per heavy atom. The number of para-hydroxylation sites is 1. The summed E-state index contributed by atoms with van der Waals surface area (Å²) < 4.78 is 5.78. The number of carbonyl (C=O) groups excluding carboxylic acids is 1. The number of carboxylic acid groups (broad SMARTS) is 1. The molecule has 34 heavy (non-hydrogen) atoms. The Bertz CT molecular complexity index is 1320. The first-order valence-electron chi connectivity index (χ1n) is 11.1. The summed E-state index contributed by atoms with van der Waals surface area (Å²) in [6, 6.07) is 30.5. The standard InChI is InChI=1S/C29H23NO4/c31-28(32)24-15-8-16-25(27(24)30-17-19-9-2-1-3-10-19)29(33)34-18-26-22-13-6-4-11-20(22)21-12-5-7-14-23(21)26/h1-16,26,30H,17-18H2,(H,31,32). The minimum Gasteiger partial charge on any atom is -0.478 e. The number of nitrogens with one attached hydrogen (secondary N) is 1. The summed E-state index contributed by atoms with van der Waals surface area (Å²) in [5, 5.41) is 12.8. The van der Waals surface area contributed by atoms with Gasteiger partial charge in [-0.05, 0) is 39.9 Å². The molecule has 0 unspecified atom stereocenters. The lowest BCUT2D eigenvalue weighted by Crippen LogP contribution is -2.16. The number of carboxylic acids is 1. The minimum atomic E-state index is -1.11. The fourth-order valence-electron chi connectivity index (χ4n) is 4.55. The summed E-state index contributed by atoms with van der Waals surface area (Å²) in [5.74, 6) is -1.73. The molecule has 0 atom stereocenters. The van der Waals surface area contributed by atoms with E-state index in [-0.39, 0.29) is 29.3 Å². The van der Waals surface area contributed by atoms with E-state index in [2.05, 4.69) is 29.6 Å². The van der Waals surface area contributed by atoms with Crippen LogP contribution in [0.2, 0.25) is 0 Å². The van der Waals surface area contributed by atoms with Gasteiger partial charge in [-0.2, -0.15) is 0 Å². The van der Waals surface area contributed by atoms with Gasteiger partial charge in [0.15, 0.2) is 0 Å². The van der Waals surface area contributed by atoms with Crippen LogP contribution >= 0.6 is 0 Å². The van der Waals surface area contributed by atoms with E-state index in [1.165, 1.54) is 6.07 Å². The van der Waals surface area contributed by atoms with Gasteiger partial charge in [-0.15, -0.1) is 0 Å². The third-order valence-corrected chi connectivity index (χ3v) is 6.17. The average molecular weight is 450 g/mol. The number of carbonyl (C=O) groups is 2. The first kappa shape index (κ1) is 21.5. The van der Waals surface area contributed by atoms with Crippen LogP contribution in [0.4, 0.5) is 5.69 Å². The second-order valence-electron chi connectivity index (χ2n) is 8.20. The molecule has 0 aromatic heterocycles. The molecule has 2 N–H and O–H groups in total. The van der Waals surface area contributed by atoms with Gasteiger partial charge in [0.2, 0.25) is 0 Å². The van der Waals surface area contributed by atoms with E-state index in [4.69, 9.17) is 4.74 Å². The summed E-state index contributed by atoms with van der Waals surface area (Å²) >= 11 is 0. The lowest BCUT2D eigenvalue weighted by Gasteiger charge is -2.17. The van der Waals surface area contributed by atoms with Gasteiger partial charge in [0.25, 0.3) is 0 Å². The van der Waals surface area contributed by atoms with Crippen LogP contribution < -0.4 is 5.32 Å². The summed E-state index contributed by atoms with van der Waals surface area (Å²) in [4.78, 5) is 25.0. The van der Waals surface area contributed by atoms with Gasteiger partial charge in [-0.1, -0.05) is 84.9 Å². The van der Waals surface area contributed by atoms with Gasteiger partial charge in [-0.3, -0.25) is 0 Å². The van der Waals surface area contributed by atoms with Crippen molar-refractivity contribution in [3.8, 4) is 11.1 Å². The number of benzene rings is 4. The summed E-state index contributed by atoms with van der Waals surface area (Å²) in [6.07, 6.45) is 0. The average Bonchev–Trinajstić information content (AvgIpc) is 3.20. The predicted octanol–water partition coefficient (Wildman–Crippen LogP) is 5.97. The first-order chi connectivity index (χ1) is 16.6. The number of hydrogen-bond donors (Lipinski definition) is 2. The molecule has 0 fully saturated rings. The molecule has 0 aliphatic heterocycles. The summed E-state index contributed by atoms with van der Waals surface area (Å²) in [5.41, 5.74) is 6.01. The monoisotopic (exact) mass is 449 g/mol. The van der Waals surface area contributed by atoms with Crippen LogP contribution in [0.1, 0.15) is 43.3 Å². The zero-order chi connectivity index (χ0) is 23.5. The maximum atomic E-state index is 13.2. The molecule has 0 radical (unpaired) electrons. The van der Waals surface area contributed by atoms with Crippen molar-refractivity contribution in [2.24, 2.45) is 0 Å². The van der Waals surface area contributed by atoms with Gasteiger partial charge in [0.1, 0.15) is 6.61 Å². The van der Waals surface area contributed by atoms with Crippen LogP contribution in [0.5, 0.6) is 0 Å². The SMILES string of the molecule is O=C(O)c1cccc(C(=O)OCC2c3ccccc3-c3ccccc32)c1NCc1ccccc1. The summed E-state index contributed by atoms with van der Waals surface area (Å²) in [7, 11) is 0. The van der Waals surface area contributed by atoms with Crippen LogP contribution in [0.25, 0.3) is 11.1 Å². The van der Waals surface area contributed by atoms with E-state index in [0.717, 1.165) is 27.8 Å². The molecule has 4 aromatic rings. The third kappa shape index (κ3) is 4.04. The van der Waals surface area contributed by atoms with Crippen molar-refractivity contribution in [1.29, 1.82) is 0 Å². The summed E-state index contributed by atoms with van der Waals surface area (Å²) in [6.45, 7) is 0.553. The van der Waals surface area contributed by atoms with E-state index < -0.39 is 11.9 Å². The highest BCUT2D eigenvalue weighted by Crippen LogP contribution is 2.44. The van der Waals surface area contributed by atoms with E-state index in [1.807, 2.05) is 54.6 Å². The predicted molar refractivity (Wildman–Crippen MR) is 131 cm³/mol. The highest BCUT2D eigenvalue weighted by molar-refractivity contribution is 6.03. The maximum Gasteiger partial charge on any atom is 0.340 e. The number of fused-ring (bicyclic) bond motifs is 3. The molecule has 5 nitrogen and oxygen atoms in total. The Balaban J connectivity index is 1.40. The molecule has 5 rings (SSSR count). The second kappa shape index (κ2) is 9.24. The third-order valence-electron chi connectivity index (χ3n) is 6.17. The van der Waals surface area contributed by atoms with Crippen molar-refractivity contribution in [2.75, 3.05) is 11.9 Å². The van der Waals surface area contributed by atoms with Gasteiger partial charge in [-0.25, -0.2) is 9.59 Å². The molecule has 1 aliphatic carbocycles. The van der Waals surface area contributed by atoms with Gasteiger partial charge in [0.05, 0.1) is 16.8 Å². The number of hydrogen-bond acceptors (Lipinski definition) is 4. The van der Waals surface area contributed by atoms with Gasteiger partial charge < -0.3 is 15.2 Å². The minimum absolute atomic E-state index is 0.0296. The fraction of sp³-hybridized carbons (Fsp3) is 0.103. The van der Waals surface area contributed by atoms with Crippen LogP contribution in [0, 0.1) is 0 Å². The molecule has 168 valence electrons. The lowest BCUT2D eigenvalue weighted by atomic mass is 9.98. The largest absolute Gasteiger partial charge is 0.478 e. The number of ether oxygens (including phenoxy) is 1. The number of esters is 1. The highest BCUT2D eigenvalue weighted by atomic mass is 16.5. The van der Waals surface area contributed by atoms with E-state index >= 15 is 0 Å². The zero-order valence-electron chi connectivity index (χ0n) is 18.4. The van der Waals surface area contributed by atoms with Crippen molar-refractivity contribution in [3.05, 3.63) is 125 Å². The molecule has 4 aromatic carbocycles. The van der Waals surface area contributed by atoms with Crippen molar-refractivity contribution in [1.82, 2.24) is 0 Å². The molecule has 0 heterocycles. The Labute approximate surface area is 197 Å². The van der Waals surface area contributed by atoms with Crippen LogP contribution in [0.3, 0.4) is 0 Å². The molecule has 0 amide bonds. The maximum absolute atomic E-state index is 13.2. The van der Waals surface area contributed by atoms with E-state index in [9.17, 15) is 14.7 Å². The number of aromatic carboxylic acids is 1. The molecule has 0 spiro atoms. The molecule has 0 saturated heterocycles. The van der Waals surface area contributed by atoms with Crippen LogP contribution in [0.15, 0.2) is 97.1 Å². The Morgan fingerprint density at radius 1 is 0.735 bits per heavy atom. The van der Waals surface area contributed by atoms with Crippen molar-refractivity contribution in [3.63, 3.8) is 0 Å². The van der Waals surface area contributed by atoms with Gasteiger partial charge >= 0.3 is 11.9 Å². The van der Waals surface area contributed by atoms with Crippen molar-refractivity contribution in [2.45, 2.75) is 12.5 Å². The van der Waals surface area contributed by atoms with Crippen molar-refractivity contribution < 1.29 is 19.4 Å². The normalized spacial score (nSPS) is 12.0. The molecule has 5 heteroatoms. The smallest absolute Gasteiger partial charge is 0.340 e. The molecule has 0 bridgehead atoms. The highest BCUT2D eigenvalue weighted by Gasteiger charge is 2.29. The van der Waals surface area contributed by atoms with Crippen molar-refractivity contribution >= 4 is 17.6 Å². The Kier molecular flexibility index (Phi) is 5.83. The quantitative estimate of drug-likeness (QED) is 0.340. The number of anilines is 1. The first-order valence-corrected chi connectivity index (χ1v) is 11.1. The lowest BCUT2D eigenvalue weighted by molar-refractivity contribution is 0.0494. The Hall–Kier alpha value is -4.38. The Morgan fingerprint density at radius 2 is 1.32 bits per heavy atom. The van der Waals surface area contributed by atoms with E-state index in [1.54, 1.807) is 12.1 Å². The molecular formula is C29H23NO4. The van der Waals surface area contributed by atoms with Gasteiger partial charge in [0, 0.05) is 12.5 Å². The van der Waals surface area contributed by atoms with E-state index in [0.29, 0.717) is 6.54 Å². The zero-order valence-corrected chi connectivity index (χ0v) is 18.4. The topological polar surface area (TPSA) is 75.6 Å². The second-order valence-corrected chi connectivity index (χ2v) is 8.20. The fourth-order valence-corrected chi connectivity index (χ4v) is 4.55.